The number of anilines is 3. The predicted molar refractivity (Wildman–Crippen MR) is 95.5 cm³/mol. The highest BCUT2D eigenvalue weighted by Crippen LogP contribution is 2.28. The van der Waals surface area contributed by atoms with Gasteiger partial charge < -0.3 is 11.1 Å². The third-order valence-electron chi connectivity index (χ3n) is 3.94. The van der Waals surface area contributed by atoms with Gasteiger partial charge in [0.05, 0.1) is 11.0 Å². The lowest BCUT2D eigenvalue weighted by Crippen LogP contribution is -2.07. The Morgan fingerprint density at radius 3 is 2.62 bits per heavy atom. The highest BCUT2D eigenvalue weighted by Gasteiger charge is 2.13. The first kappa shape index (κ1) is 14.2. The Bertz CT molecular complexity index is 1020. The highest BCUT2D eigenvalue weighted by atomic mass is 15.2. The first-order valence-electron chi connectivity index (χ1n) is 7.59. The van der Waals surface area contributed by atoms with E-state index < -0.39 is 0 Å². The first-order chi connectivity index (χ1) is 11.7. The molecule has 0 aliphatic heterocycles. The minimum atomic E-state index is 0.476. The van der Waals surface area contributed by atoms with E-state index in [1.165, 1.54) is 6.33 Å². The molecule has 118 valence electrons. The van der Waals surface area contributed by atoms with Crippen molar-refractivity contribution < 1.29 is 0 Å². The van der Waals surface area contributed by atoms with Gasteiger partial charge in [-0.25, -0.2) is 15.0 Å². The summed E-state index contributed by atoms with van der Waals surface area (Å²) in [5, 5.41) is 3.28. The summed E-state index contributed by atoms with van der Waals surface area (Å²) in [5.41, 5.74) is 10.7. The van der Waals surface area contributed by atoms with Crippen LogP contribution in [0.1, 0.15) is 5.56 Å². The number of hydrogen-bond acceptors (Lipinski definition) is 5. The summed E-state index contributed by atoms with van der Waals surface area (Å²) in [6, 6.07) is 15.8. The zero-order chi connectivity index (χ0) is 16.5. The Morgan fingerprint density at radius 1 is 0.958 bits per heavy atom. The molecule has 2 aromatic carbocycles. The van der Waals surface area contributed by atoms with Crippen molar-refractivity contribution >= 4 is 28.2 Å². The third-order valence-corrected chi connectivity index (χ3v) is 3.94. The number of benzene rings is 2. The Balaban J connectivity index is 1.80. The fraction of sp³-hybridized carbons (Fsp3) is 0.0556. The van der Waals surface area contributed by atoms with E-state index in [0.29, 0.717) is 17.3 Å². The van der Waals surface area contributed by atoms with Crippen molar-refractivity contribution in [3.8, 4) is 5.82 Å². The van der Waals surface area contributed by atoms with Crippen LogP contribution in [0.15, 0.2) is 61.2 Å². The molecule has 0 atom stereocenters. The van der Waals surface area contributed by atoms with Crippen LogP contribution < -0.4 is 11.1 Å². The van der Waals surface area contributed by atoms with Gasteiger partial charge in [0.1, 0.15) is 18.3 Å². The topological polar surface area (TPSA) is 81.7 Å². The maximum absolute atomic E-state index is 6.33. The molecule has 0 saturated heterocycles. The van der Waals surface area contributed by atoms with E-state index in [1.807, 2.05) is 60.0 Å². The molecular weight excluding hydrogens is 300 g/mol. The second-order valence-corrected chi connectivity index (χ2v) is 5.50. The van der Waals surface area contributed by atoms with Gasteiger partial charge in [-0.05, 0) is 30.7 Å². The molecular formula is C18H16N6. The number of nitrogens with zero attached hydrogens (tertiary/aromatic N) is 4. The number of aromatic nitrogens is 4. The minimum absolute atomic E-state index is 0.476. The van der Waals surface area contributed by atoms with Crippen molar-refractivity contribution in [2.75, 3.05) is 11.1 Å². The number of nitrogen functional groups attached to an aromatic ring is 1. The lowest BCUT2D eigenvalue weighted by atomic mass is 10.2. The van der Waals surface area contributed by atoms with Crippen LogP contribution in [0.25, 0.3) is 16.9 Å². The molecule has 2 aromatic heterocycles. The van der Waals surface area contributed by atoms with Crippen LogP contribution in [0, 0.1) is 6.92 Å². The van der Waals surface area contributed by atoms with Gasteiger partial charge in [-0.3, -0.25) is 4.57 Å². The summed E-state index contributed by atoms with van der Waals surface area (Å²) in [5.74, 6) is 1.18. The van der Waals surface area contributed by atoms with Crippen molar-refractivity contribution in [1.29, 1.82) is 0 Å². The molecule has 0 unspecified atom stereocenters. The SMILES string of the molecule is Cc1ccccc1Nc1ncnc(-n2cnc3ccccc32)c1N. The monoisotopic (exact) mass is 316 g/mol. The quantitative estimate of drug-likeness (QED) is 0.605. The maximum Gasteiger partial charge on any atom is 0.167 e. The Morgan fingerprint density at radius 2 is 1.75 bits per heavy atom. The average Bonchev–Trinajstić information content (AvgIpc) is 3.03. The van der Waals surface area contributed by atoms with E-state index in [1.54, 1.807) is 6.33 Å². The van der Waals surface area contributed by atoms with Crippen molar-refractivity contribution in [3.05, 3.63) is 66.7 Å². The van der Waals surface area contributed by atoms with Crippen LogP contribution in [-0.4, -0.2) is 19.5 Å². The molecule has 0 aliphatic rings. The summed E-state index contributed by atoms with van der Waals surface area (Å²) in [7, 11) is 0. The Labute approximate surface area is 139 Å². The molecule has 0 saturated carbocycles. The molecule has 0 bridgehead atoms. The molecule has 0 fully saturated rings. The fourth-order valence-corrected chi connectivity index (χ4v) is 2.65. The average molecular weight is 316 g/mol. The van der Waals surface area contributed by atoms with Gasteiger partial charge in [0.15, 0.2) is 11.6 Å². The molecule has 0 radical (unpaired) electrons. The second-order valence-electron chi connectivity index (χ2n) is 5.50. The van der Waals surface area contributed by atoms with Gasteiger partial charge >= 0.3 is 0 Å². The summed E-state index contributed by atoms with van der Waals surface area (Å²) in [4.78, 5) is 13.0. The molecule has 4 aromatic rings. The molecule has 4 rings (SSSR count). The summed E-state index contributed by atoms with van der Waals surface area (Å²) < 4.78 is 1.87. The number of para-hydroxylation sites is 3. The minimum Gasteiger partial charge on any atom is -0.393 e. The van der Waals surface area contributed by atoms with E-state index in [4.69, 9.17) is 5.73 Å². The molecule has 6 nitrogen and oxygen atoms in total. The van der Waals surface area contributed by atoms with E-state index in [0.717, 1.165) is 22.3 Å². The largest absolute Gasteiger partial charge is 0.393 e. The molecule has 0 aliphatic carbocycles. The molecule has 0 amide bonds. The summed E-state index contributed by atoms with van der Waals surface area (Å²) >= 11 is 0. The van der Waals surface area contributed by atoms with Crippen LogP contribution in [-0.2, 0) is 0 Å². The van der Waals surface area contributed by atoms with Gasteiger partial charge in [0, 0.05) is 5.69 Å². The first-order valence-corrected chi connectivity index (χ1v) is 7.59. The maximum atomic E-state index is 6.33. The number of nitrogens with one attached hydrogen (secondary N) is 1. The normalized spacial score (nSPS) is 10.9. The fourth-order valence-electron chi connectivity index (χ4n) is 2.65. The lowest BCUT2D eigenvalue weighted by Gasteiger charge is -2.13. The number of aryl methyl sites for hydroxylation is 1. The highest BCUT2D eigenvalue weighted by molar-refractivity contribution is 5.81. The zero-order valence-electron chi connectivity index (χ0n) is 13.1. The molecule has 6 heteroatoms. The summed E-state index contributed by atoms with van der Waals surface area (Å²) in [6.07, 6.45) is 3.22. The molecule has 0 spiro atoms. The number of hydrogen-bond donors (Lipinski definition) is 2. The number of rotatable bonds is 3. The van der Waals surface area contributed by atoms with E-state index in [2.05, 4.69) is 20.3 Å². The molecule has 2 heterocycles. The van der Waals surface area contributed by atoms with Crippen LogP contribution >= 0.6 is 0 Å². The molecule has 24 heavy (non-hydrogen) atoms. The van der Waals surface area contributed by atoms with Crippen molar-refractivity contribution in [2.24, 2.45) is 0 Å². The van der Waals surface area contributed by atoms with Crippen molar-refractivity contribution in [2.45, 2.75) is 6.92 Å². The van der Waals surface area contributed by atoms with E-state index in [-0.39, 0.29) is 0 Å². The lowest BCUT2D eigenvalue weighted by molar-refractivity contribution is 1.00. The second kappa shape index (κ2) is 5.66. The van der Waals surface area contributed by atoms with Gasteiger partial charge in [-0.2, -0.15) is 0 Å². The van der Waals surface area contributed by atoms with Gasteiger partial charge in [-0.15, -0.1) is 0 Å². The predicted octanol–water partition coefficient (Wildman–Crippen LogP) is 3.45. The molecule has 3 N–H and O–H groups in total. The van der Waals surface area contributed by atoms with Crippen molar-refractivity contribution in [3.63, 3.8) is 0 Å². The van der Waals surface area contributed by atoms with Crippen LogP contribution in [0.4, 0.5) is 17.2 Å². The van der Waals surface area contributed by atoms with Gasteiger partial charge in [0.2, 0.25) is 0 Å². The van der Waals surface area contributed by atoms with Crippen LogP contribution in [0.3, 0.4) is 0 Å². The third kappa shape index (κ3) is 2.34. The number of fused-ring (bicyclic) bond motifs is 1. The van der Waals surface area contributed by atoms with E-state index in [9.17, 15) is 0 Å². The smallest absolute Gasteiger partial charge is 0.167 e. The Kier molecular flexibility index (Phi) is 3.35. The van der Waals surface area contributed by atoms with Gasteiger partial charge in [0.25, 0.3) is 0 Å². The van der Waals surface area contributed by atoms with Crippen molar-refractivity contribution in [1.82, 2.24) is 19.5 Å². The standard InChI is InChI=1S/C18H16N6/c1-12-6-2-3-7-13(12)23-17-16(19)18(21-10-20-17)24-11-22-14-8-4-5-9-15(14)24/h2-11H,19H2,1H3,(H,20,21,23). The van der Waals surface area contributed by atoms with Gasteiger partial charge in [-0.1, -0.05) is 30.3 Å². The summed E-state index contributed by atoms with van der Waals surface area (Å²) in [6.45, 7) is 2.03. The zero-order valence-corrected chi connectivity index (χ0v) is 13.1. The number of nitrogens with two attached hydrogens (primary N) is 1. The van der Waals surface area contributed by atoms with E-state index >= 15 is 0 Å². The Hall–Kier alpha value is -3.41. The van der Waals surface area contributed by atoms with Crippen LogP contribution in [0.2, 0.25) is 0 Å². The number of imidazole rings is 1. The van der Waals surface area contributed by atoms with Crippen LogP contribution in [0.5, 0.6) is 0 Å².